The Labute approximate surface area is 73.0 Å². The first-order chi connectivity index (χ1) is 5.82. The van der Waals surface area contributed by atoms with Crippen molar-refractivity contribution in [3.05, 3.63) is 0 Å². The van der Waals surface area contributed by atoms with Crippen LogP contribution in [-0.4, -0.2) is 40.3 Å². The molecular weight excluding hydrogens is 182 g/mol. The Morgan fingerprint density at radius 1 is 1.46 bits per heavy atom. The molecule has 1 rings (SSSR count). The Balaban J connectivity index is 2.92. The highest BCUT2D eigenvalue weighted by molar-refractivity contribution is 6.31. The lowest BCUT2D eigenvalue weighted by Crippen LogP contribution is -2.62. The van der Waals surface area contributed by atoms with Gasteiger partial charge in [-0.05, 0) is 6.92 Å². The molecule has 1 aliphatic rings. The van der Waals surface area contributed by atoms with Crippen LogP contribution in [0.3, 0.4) is 0 Å². The maximum Gasteiger partial charge on any atom is 0.422 e. The van der Waals surface area contributed by atoms with Gasteiger partial charge in [-0.3, -0.25) is 0 Å². The van der Waals surface area contributed by atoms with Crippen molar-refractivity contribution in [2.45, 2.75) is 18.4 Å². The summed E-state index contributed by atoms with van der Waals surface area (Å²) in [5.74, 6) is -5.27. The van der Waals surface area contributed by atoms with Crippen LogP contribution in [-0.2, 0) is 19.1 Å². The molecular formula is C6H9NO6. The summed E-state index contributed by atoms with van der Waals surface area (Å²) in [5.41, 5.74) is 3.57. The van der Waals surface area contributed by atoms with Crippen molar-refractivity contribution in [2.24, 2.45) is 5.73 Å². The molecule has 1 unspecified atom stereocenters. The number of cyclic esters (lactones) is 2. The number of aliphatic hydroxyl groups excluding tert-OH is 1. The SMILES string of the molecule is CC(N)(CO)C1(O)OC(=O)C(=O)O1. The molecule has 1 fully saturated rings. The number of esters is 2. The number of hydrogen-bond donors (Lipinski definition) is 3. The first-order valence-electron chi connectivity index (χ1n) is 3.41. The molecule has 74 valence electrons. The normalized spacial score (nSPS) is 24.9. The number of nitrogens with two attached hydrogens (primary N) is 1. The molecule has 13 heavy (non-hydrogen) atoms. The van der Waals surface area contributed by atoms with Crippen LogP contribution in [0.15, 0.2) is 0 Å². The maximum absolute atomic E-state index is 10.6. The minimum atomic E-state index is -2.59. The molecule has 7 heteroatoms. The first kappa shape index (κ1) is 9.90. The fraction of sp³-hybridized carbons (Fsp3) is 0.667. The summed E-state index contributed by atoms with van der Waals surface area (Å²) in [5, 5.41) is 18.1. The van der Waals surface area contributed by atoms with Gasteiger partial charge < -0.3 is 25.4 Å². The predicted octanol–water partition coefficient (Wildman–Crippen LogP) is -2.56. The summed E-state index contributed by atoms with van der Waals surface area (Å²) < 4.78 is 8.35. The Bertz CT molecular complexity index is 244. The summed E-state index contributed by atoms with van der Waals surface area (Å²) in [6, 6.07) is 0. The molecule has 0 spiro atoms. The van der Waals surface area contributed by atoms with Crippen LogP contribution in [0.5, 0.6) is 0 Å². The van der Waals surface area contributed by atoms with E-state index in [9.17, 15) is 14.7 Å². The van der Waals surface area contributed by atoms with Crippen LogP contribution in [0.1, 0.15) is 6.92 Å². The van der Waals surface area contributed by atoms with E-state index >= 15 is 0 Å². The molecule has 1 saturated heterocycles. The van der Waals surface area contributed by atoms with Gasteiger partial charge in [0.15, 0.2) is 0 Å². The molecule has 0 aliphatic carbocycles. The van der Waals surface area contributed by atoms with E-state index in [0.29, 0.717) is 0 Å². The van der Waals surface area contributed by atoms with Crippen LogP contribution < -0.4 is 5.73 Å². The molecule has 1 atom stereocenters. The standard InChI is InChI=1S/C6H9NO6/c1-5(7,2-8)6(11)12-3(9)4(10)13-6/h8,11H,2,7H2,1H3. The summed E-state index contributed by atoms with van der Waals surface area (Å²) in [4.78, 5) is 21.1. The minimum absolute atomic E-state index is 0.718. The maximum atomic E-state index is 10.6. The summed E-state index contributed by atoms with van der Waals surface area (Å²) in [7, 11) is 0. The summed E-state index contributed by atoms with van der Waals surface area (Å²) in [6.07, 6.45) is 0. The fourth-order valence-corrected chi connectivity index (χ4v) is 0.689. The Morgan fingerprint density at radius 2 is 1.85 bits per heavy atom. The van der Waals surface area contributed by atoms with Crippen molar-refractivity contribution in [3.63, 3.8) is 0 Å². The van der Waals surface area contributed by atoms with Crippen LogP contribution in [0.4, 0.5) is 0 Å². The van der Waals surface area contributed by atoms with Crippen molar-refractivity contribution in [1.29, 1.82) is 0 Å². The molecule has 0 bridgehead atoms. The van der Waals surface area contributed by atoms with E-state index in [1.165, 1.54) is 6.92 Å². The topological polar surface area (TPSA) is 119 Å². The molecule has 0 aromatic heterocycles. The van der Waals surface area contributed by atoms with Crippen LogP contribution in [0.25, 0.3) is 0 Å². The van der Waals surface area contributed by atoms with Gasteiger partial charge in [-0.15, -0.1) is 0 Å². The average Bonchev–Trinajstić information content (AvgIpc) is 2.28. The Morgan fingerprint density at radius 3 is 2.15 bits per heavy atom. The van der Waals surface area contributed by atoms with Crippen molar-refractivity contribution in [1.82, 2.24) is 0 Å². The van der Waals surface area contributed by atoms with Gasteiger partial charge in [-0.25, -0.2) is 9.59 Å². The minimum Gasteiger partial charge on any atom is -0.394 e. The summed E-state index contributed by atoms with van der Waals surface area (Å²) >= 11 is 0. The van der Waals surface area contributed by atoms with Gasteiger partial charge in [0.1, 0.15) is 5.54 Å². The molecule has 0 aromatic carbocycles. The number of ether oxygens (including phenoxy) is 2. The van der Waals surface area contributed by atoms with Crippen LogP contribution in [0.2, 0.25) is 0 Å². The van der Waals surface area contributed by atoms with Crippen molar-refractivity contribution >= 4 is 11.9 Å². The number of rotatable bonds is 2. The molecule has 1 aliphatic heterocycles. The predicted molar refractivity (Wildman–Crippen MR) is 36.8 cm³/mol. The molecule has 0 saturated carbocycles. The van der Waals surface area contributed by atoms with Gasteiger partial charge in [0.25, 0.3) is 0 Å². The zero-order chi connectivity index (χ0) is 10.3. The largest absolute Gasteiger partial charge is 0.422 e. The van der Waals surface area contributed by atoms with E-state index in [0.717, 1.165) is 0 Å². The molecule has 0 amide bonds. The second-order valence-corrected chi connectivity index (χ2v) is 2.94. The number of aliphatic hydroxyl groups is 2. The third kappa shape index (κ3) is 1.37. The van der Waals surface area contributed by atoms with Gasteiger partial charge >= 0.3 is 17.9 Å². The van der Waals surface area contributed by atoms with Crippen molar-refractivity contribution in [3.8, 4) is 0 Å². The third-order valence-corrected chi connectivity index (χ3v) is 1.68. The lowest BCUT2D eigenvalue weighted by molar-refractivity contribution is -0.327. The second-order valence-electron chi connectivity index (χ2n) is 2.94. The van der Waals surface area contributed by atoms with Gasteiger partial charge in [0.05, 0.1) is 6.61 Å². The first-order valence-corrected chi connectivity index (χ1v) is 3.41. The molecule has 4 N–H and O–H groups in total. The second kappa shape index (κ2) is 2.66. The molecule has 7 nitrogen and oxygen atoms in total. The van der Waals surface area contributed by atoms with Crippen LogP contribution >= 0.6 is 0 Å². The van der Waals surface area contributed by atoms with Crippen LogP contribution in [0, 0.1) is 0 Å². The van der Waals surface area contributed by atoms with Gasteiger partial charge in [0.2, 0.25) is 0 Å². The smallest absolute Gasteiger partial charge is 0.394 e. The van der Waals surface area contributed by atoms with E-state index in [2.05, 4.69) is 9.47 Å². The molecule has 0 radical (unpaired) electrons. The van der Waals surface area contributed by atoms with E-state index in [1.807, 2.05) is 0 Å². The van der Waals surface area contributed by atoms with Crippen molar-refractivity contribution < 1.29 is 29.3 Å². The van der Waals surface area contributed by atoms with E-state index < -0.39 is 30.1 Å². The fourth-order valence-electron chi connectivity index (χ4n) is 0.689. The van der Waals surface area contributed by atoms with E-state index in [4.69, 9.17) is 10.8 Å². The monoisotopic (exact) mass is 191 g/mol. The highest BCUT2D eigenvalue weighted by Crippen LogP contribution is 2.27. The highest BCUT2D eigenvalue weighted by atomic mass is 16.9. The van der Waals surface area contributed by atoms with Gasteiger partial charge in [-0.2, -0.15) is 0 Å². The zero-order valence-corrected chi connectivity index (χ0v) is 6.81. The number of carbonyl (C=O) groups is 2. The van der Waals surface area contributed by atoms with E-state index in [-0.39, 0.29) is 0 Å². The lowest BCUT2D eigenvalue weighted by atomic mass is 10.0. The Hall–Kier alpha value is -1.18. The van der Waals surface area contributed by atoms with Crippen molar-refractivity contribution in [2.75, 3.05) is 6.61 Å². The number of hydrogen-bond acceptors (Lipinski definition) is 7. The van der Waals surface area contributed by atoms with Gasteiger partial charge in [-0.1, -0.05) is 0 Å². The number of carbonyl (C=O) groups excluding carboxylic acids is 2. The quantitative estimate of drug-likeness (QED) is 0.324. The third-order valence-electron chi connectivity index (χ3n) is 1.68. The zero-order valence-electron chi connectivity index (χ0n) is 6.81. The molecule has 1 heterocycles. The lowest BCUT2D eigenvalue weighted by Gasteiger charge is -2.32. The highest BCUT2D eigenvalue weighted by Gasteiger charge is 2.58. The average molecular weight is 191 g/mol. The van der Waals surface area contributed by atoms with E-state index in [1.54, 1.807) is 0 Å². The Kier molecular flexibility index (Phi) is 2.02. The summed E-state index contributed by atoms with van der Waals surface area (Å²) in [6.45, 7) is 0.447. The molecule has 0 aromatic rings. The van der Waals surface area contributed by atoms with Gasteiger partial charge in [0, 0.05) is 0 Å².